The van der Waals surface area contributed by atoms with Crippen molar-refractivity contribution in [1.82, 2.24) is 0 Å². The minimum absolute atomic E-state index is 0.153. The van der Waals surface area contributed by atoms with Crippen molar-refractivity contribution in [3.63, 3.8) is 0 Å². The molecule has 14 heavy (non-hydrogen) atoms. The lowest BCUT2D eigenvalue weighted by molar-refractivity contribution is -0.125. The quantitative estimate of drug-likeness (QED) is 0.501. The predicted octanol–water partition coefficient (Wildman–Crippen LogP) is 3.07. The molecule has 2 heteroatoms. The zero-order chi connectivity index (χ0) is 10.8. The van der Waals surface area contributed by atoms with Gasteiger partial charge in [0.1, 0.15) is 0 Å². The number of hydrogen-bond donors (Lipinski definition) is 0. The number of carbonyl (C=O) groups is 1. The standard InChI is InChI=1S/C12H20O2/c1-9(2)14-8-10-6-5-7-12(3,4)11(10)13/h8-9H,5-7H2,1-4H3. The van der Waals surface area contributed by atoms with Gasteiger partial charge >= 0.3 is 0 Å². The van der Waals surface area contributed by atoms with Gasteiger partial charge in [-0.15, -0.1) is 0 Å². The number of Topliss-reactive ketones (excluding diaryl/α,β-unsaturated/α-hetero) is 1. The van der Waals surface area contributed by atoms with E-state index in [2.05, 4.69) is 0 Å². The van der Waals surface area contributed by atoms with Gasteiger partial charge in [0.15, 0.2) is 5.78 Å². The summed E-state index contributed by atoms with van der Waals surface area (Å²) in [6.07, 6.45) is 4.76. The van der Waals surface area contributed by atoms with Crippen molar-refractivity contribution in [2.75, 3.05) is 0 Å². The highest BCUT2D eigenvalue weighted by molar-refractivity contribution is 5.99. The Morgan fingerprint density at radius 1 is 1.43 bits per heavy atom. The maximum absolute atomic E-state index is 11.9. The molecule has 1 aliphatic rings. The summed E-state index contributed by atoms with van der Waals surface area (Å²) in [4.78, 5) is 11.9. The molecule has 0 spiro atoms. The Hall–Kier alpha value is -0.790. The Bertz CT molecular complexity index is 249. The first-order valence-electron chi connectivity index (χ1n) is 5.33. The molecule has 0 unspecified atom stereocenters. The lowest BCUT2D eigenvalue weighted by Crippen LogP contribution is -2.29. The zero-order valence-corrected chi connectivity index (χ0v) is 9.59. The molecule has 0 aromatic rings. The fourth-order valence-electron chi connectivity index (χ4n) is 1.71. The Kier molecular flexibility index (Phi) is 3.35. The van der Waals surface area contributed by atoms with Crippen LogP contribution >= 0.6 is 0 Å². The normalized spacial score (nSPS) is 24.4. The van der Waals surface area contributed by atoms with Gasteiger partial charge in [-0.05, 0) is 33.1 Å². The van der Waals surface area contributed by atoms with Crippen molar-refractivity contribution in [1.29, 1.82) is 0 Å². The minimum Gasteiger partial charge on any atom is -0.498 e. The van der Waals surface area contributed by atoms with Crippen LogP contribution in [0, 0.1) is 5.41 Å². The Morgan fingerprint density at radius 2 is 2.07 bits per heavy atom. The number of ketones is 1. The van der Waals surface area contributed by atoms with Crippen molar-refractivity contribution in [2.24, 2.45) is 5.41 Å². The molecule has 0 N–H and O–H groups in total. The van der Waals surface area contributed by atoms with Crippen LogP contribution in [0.15, 0.2) is 11.8 Å². The van der Waals surface area contributed by atoms with Crippen molar-refractivity contribution < 1.29 is 9.53 Å². The maximum atomic E-state index is 11.9. The second kappa shape index (κ2) is 4.16. The number of rotatable bonds is 2. The van der Waals surface area contributed by atoms with Crippen LogP contribution in [0.3, 0.4) is 0 Å². The molecule has 0 aromatic carbocycles. The Morgan fingerprint density at radius 3 is 2.64 bits per heavy atom. The molecule has 1 rings (SSSR count). The predicted molar refractivity (Wildman–Crippen MR) is 56.9 cm³/mol. The second-order valence-electron chi connectivity index (χ2n) is 4.89. The van der Waals surface area contributed by atoms with Gasteiger partial charge in [0.05, 0.1) is 12.4 Å². The van der Waals surface area contributed by atoms with Crippen LogP contribution in [0.25, 0.3) is 0 Å². The van der Waals surface area contributed by atoms with E-state index >= 15 is 0 Å². The number of carbonyl (C=O) groups excluding carboxylic acids is 1. The summed E-state index contributed by atoms with van der Waals surface area (Å²) in [5.41, 5.74) is 0.666. The summed E-state index contributed by atoms with van der Waals surface area (Å²) in [7, 11) is 0. The van der Waals surface area contributed by atoms with Gasteiger partial charge in [0, 0.05) is 11.0 Å². The van der Waals surface area contributed by atoms with Crippen molar-refractivity contribution >= 4 is 5.78 Å². The summed E-state index contributed by atoms with van der Waals surface area (Å²) in [6.45, 7) is 7.96. The third-order valence-electron chi connectivity index (χ3n) is 2.64. The molecule has 1 fully saturated rings. The van der Waals surface area contributed by atoms with Gasteiger partial charge in [-0.3, -0.25) is 4.79 Å². The van der Waals surface area contributed by atoms with E-state index in [0.29, 0.717) is 0 Å². The van der Waals surface area contributed by atoms with E-state index in [4.69, 9.17) is 4.74 Å². The van der Waals surface area contributed by atoms with Crippen molar-refractivity contribution in [2.45, 2.75) is 53.1 Å². The third-order valence-corrected chi connectivity index (χ3v) is 2.64. The van der Waals surface area contributed by atoms with Gasteiger partial charge in [0.25, 0.3) is 0 Å². The van der Waals surface area contributed by atoms with Gasteiger partial charge < -0.3 is 4.74 Å². The van der Waals surface area contributed by atoms with Crippen molar-refractivity contribution in [3.05, 3.63) is 11.8 Å². The summed E-state index contributed by atoms with van der Waals surface area (Å²) in [5, 5.41) is 0. The van der Waals surface area contributed by atoms with Gasteiger partial charge in [-0.25, -0.2) is 0 Å². The summed E-state index contributed by atoms with van der Waals surface area (Å²) < 4.78 is 5.36. The number of allylic oxidation sites excluding steroid dienone is 1. The number of ether oxygens (including phenoxy) is 1. The highest BCUT2D eigenvalue weighted by atomic mass is 16.5. The highest BCUT2D eigenvalue weighted by Gasteiger charge is 2.33. The molecule has 0 radical (unpaired) electrons. The van der Waals surface area contributed by atoms with E-state index in [-0.39, 0.29) is 17.3 Å². The summed E-state index contributed by atoms with van der Waals surface area (Å²) >= 11 is 0. The topological polar surface area (TPSA) is 26.3 Å². The lowest BCUT2D eigenvalue weighted by atomic mass is 9.74. The smallest absolute Gasteiger partial charge is 0.167 e. The van der Waals surface area contributed by atoms with Crippen LogP contribution in [-0.2, 0) is 9.53 Å². The SMILES string of the molecule is CC(C)OC=C1CCCC(C)(C)C1=O. The first-order valence-corrected chi connectivity index (χ1v) is 5.33. The van der Waals surface area contributed by atoms with Crippen LogP contribution < -0.4 is 0 Å². The lowest BCUT2D eigenvalue weighted by Gasteiger charge is -2.29. The zero-order valence-electron chi connectivity index (χ0n) is 9.59. The molecule has 2 nitrogen and oxygen atoms in total. The largest absolute Gasteiger partial charge is 0.498 e. The third kappa shape index (κ3) is 2.60. The van der Waals surface area contributed by atoms with Crippen molar-refractivity contribution in [3.8, 4) is 0 Å². The van der Waals surface area contributed by atoms with Crippen LogP contribution in [0.1, 0.15) is 47.0 Å². The molecule has 0 aromatic heterocycles. The fourth-order valence-corrected chi connectivity index (χ4v) is 1.71. The average Bonchev–Trinajstić information content (AvgIpc) is 2.07. The molecular formula is C12H20O2. The molecule has 0 heterocycles. The molecule has 0 bridgehead atoms. The maximum Gasteiger partial charge on any atom is 0.167 e. The van der Waals surface area contributed by atoms with Gasteiger partial charge in [-0.2, -0.15) is 0 Å². The minimum atomic E-state index is -0.190. The number of hydrogen-bond acceptors (Lipinski definition) is 2. The van der Waals surface area contributed by atoms with E-state index in [0.717, 1.165) is 24.8 Å². The monoisotopic (exact) mass is 196 g/mol. The van der Waals surface area contributed by atoms with Gasteiger partial charge in [-0.1, -0.05) is 13.8 Å². The first-order chi connectivity index (χ1) is 6.43. The fraction of sp³-hybridized carbons (Fsp3) is 0.750. The molecule has 0 amide bonds. The summed E-state index contributed by atoms with van der Waals surface area (Å²) in [5.74, 6) is 0.254. The van der Waals surface area contributed by atoms with Crippen LogP contribution in [0.4, 0.5) is 0 Å². The molecule has 0 atom stereocenters. The molecular weight excluding hydrogens is 176 g/mol. The van der Waals surface area contributed by atoms with Crippen LogP contribution in [0.5, 0.6) is 0 Å². The van der Waals surface area contributed by atoms with E-state index in [1.54, 1.807) is 6.26 Å². The van der Waals surface area contributed by atoms with Crippen LogP contribution in [-0.4, -0.2) is 11.9 Å². The molecule has 0 aliphatic heterocycles. The second-order valence-corrected chi connectivity index (χ2v) is 4.89. The van der Waals surface area contributed by atoms with E-state index in [1.165, 1.54) is 0 Å². The average molecular weight is 196 g/mol. The highest BCUT2D eigenvalue weighted by Crippen LogP contribution is 2.34. The molecule has 0 saturated heterocycles. The van der Waals surface area contributed by atoms with Crippen LogP contribution in [0.2, 0.25) is 0 Å². The summed E-state index contributed by atoms with van der Waals surface area (Å²) in [6, 6.07) is 0. The molecule has 1 aliphatic carbocycles. The molecule has 80 valence electrons. The first kappa shape index (κ1) is 11.3. The van der Waals surface area contributed by atoms with E-state index in [1.807, 2.05) is 27.7 Å². The molecule has 1 saturated carbocycles. The van der Waals surface area contributed by atoms with E-state index in [9.17, 15) is 4.79 Å². The van der Waals surface area contributed by atoms with E-state index < -0.39 is 0 Å². The Balaban J connectivity index is 2.70. The van der Waals surface area contributed by atoms with Gasteiger partial charge in [0.2, 0.25) is 0 Å². The Labute approximate surface area is 86.3 Å².